The third-order valence-electron chi connectivity index (χ3n) is 6.79. The van der Waals surface area contributed by atoms with E-state index in [0.29, 0.717) is 12.8 Å². The average molecular weight is 664 g/mol. The van der Waals surface area contributed by atoms with Crippen molar-refractivity contribution in [2.45, 2.75) is 90.6 Å². The number of hydrogen-bond acceptors (Lipinski definition) is 9. The standard InChI is InChI=1S/C14H20Cl2O4.C10H18O2.C4H4Cl2O3/c1-9-4-5-10(6-11(9)19-12(17)7-15)14(2,3)20-13(18)8-16;1-7-4-5-8(6-9(7)11)10(2,3)12;5-1-3(7)9-4(8)2-6/h4,10-11H,5-8H2,1-3H3;4,8-9,11-12H,5-6H2,1-3H3;1-2H2. The Labute approximate surface area is 262 Å². The molecular weight excluding hydrogens is 622 g/mol. The van der Waals surface area contributed by atoms with Crippen LogP contribution in [0.15, 0.2) is 23.3 Å². The molecule has 0 aromatic rings. The van der Waals surface area contributed by atoms with E-state index in [1.165, 1.54) is 0 Å². The van der Waals surface area contributed by atoms with Gasteiger partial charge in [-0.3, -0.25) is 19.2 Å². The summed E-state index contributed by atoms with van der Waals surface area (Å²) in [5, 5.41) is 19.2. The number of ether oxygens (including phenoxy) is 3. The zero-order valence-electron chi connectivity index (χ0n) is 24.4. The van der Waals surface area contributed by atoms with Crippen molar-refractivity contribution in [3.63, 3.8) is 0 Å². The van der Waals surface area contributed by atoms with Gasteiger partial charge in [-0.05, 0) is 84.3 Å². The first-order valence-corrected chi connectivity index (χ1v) is 15.2. The summed E-state index contributed by atoms with van der Waals surface area (Å²) in [4.78, 5) is 43.0. The zero-order valence-corrected chi connectivity index (χ0v) is 27.4. The summed E-state index contributed by atoms with van der Waals surface area (Å²) >= 11 is 20.9. The Morgan fingerprint density at radius 2 is 1.24 bits per heavy atom. The number of aliphatic hydroxyl groups excluding tert-OH is 1. The Hall–Kier alpha value is -1.36. The fourth-order valence-corrected chi connectivity index (χ4v) is 4.30. The first-order chi connectivity index (χ1) is 18.9. The number of aliphatic hydroxyl groups is 2. The number of hydrogen-bond donors (Lipinski definition) is 2. The first kappa shape index (κ1) is 39.6. The van der Waals surface area contributed by atoms with Crippen LogP contribution in [0.3, 0.4) is 0 Å². The van der Waals surface area contributed by atoms with Crippen molar-refractivity contribution in [3.05, 3.63) is 23.3 Å². The Balaban J connectivity index is 0.000000646. The van der Waals surface area contributed by atoms with Crippen molar-refractivity contribution in [1.82, 2.24) is 0 Å². The maximum absolute atomic E-state index is 11.4. The monoisotopic (exact) mass is 662 g/mol. The van der Waals surface area contributed by atoms with Crippen LogP contribution >= 0.6 is 46.4 Å². The van der Waals surface area contributed by atoms with Crippen LogP contribution in [0.1, 0.15) is 67.2 Å². The van der Waals surface area contributed by atoms with Gasteiger partial charge >= 0.3 is 23.9 Å². The Bertz CT molecular complexity index is 927. The van der Waals surface area contributed by atoms with Crippen molar-refractivity contribution < 1.29 is 43.6 Å². The quantitative estimate of drug-likeness (QED) is 0.120. The van der Waals surface area contributed by atoms with E-state index in [-0.39, 0.29) is 47.6 Å². The third kappa shape index (κ3) is 15.6. The van der Waals surface area contributed by atoms with E-state index in [1.54, 1.807) is 13.8 Å². The molecule has 0 saturated heterocycles. The predicted molar refractivity (Wildman–Crippen MR) is 159 cm³/mol. The van der Waals surface area contributed by atoms with Gasteiger partial charge in [-0.2, -0.15) is 0 Å². The minimum atomic E-state index is -0.776. The molecule has 41 heavy (non-hydrogen) atoms. The van der Waals surface area contributed by atoms with Crippen molar-refractivity contribution in [2.24, 2.45) is 11.8 Å². The van der Waals surface area contributed by atoms with Gasteiger partial charge in [0.25, 0.3) is 0 Å². The first-order valence-electron chi connectivity index (χ1n) is 13.0. The van der Waals surface area contributed by atoms with E-state index in [4.69, 9.17) is 55.9 Å². The number of alkyl halides is 4. The normalized spacial score (nSPS) is 22.3. The highest BCUT2D eigenvalue weighted by molar-refractivity contribution is 6.29. The molecule has 2 N–H and O–H groups in total. The zero-order chi connectivity index (χ0) is 32.0. The molecular formula is C28H42Cl4O9. The minimum Gasteiger partial charge on any atom is -0.458 e. The van der Waals surface area contributed by atoms with Crippen molar-refractivity contribution in [2.75, 3.05) is 23.5 Å². The van der Waals surface area contributed by atoms with E-state index in [0.717, 1.165) is 24.0 Å². The predicted octanol–water partition coefficient (Wildman–Crippen LogP) is 5.06. The molecule has 0 aromatic heterocycles. The molecule has 2 aliphatic rings. The van der Waals surface area contributed by atoms with E-state index >= 15 is 0 Å². The summed E-state index contributed by atoms with van der Waals surface area (Å²) in [5.74, 6) is -3.19. The molecule has 0 fully saturated rings. The molecule has 236 valence electrons. The Kier molecular flexibility index (Phi) is 18.4. The fourth-order valence-electron chi connectivity index (χ4n) is 4.08. The number of halogens is 4. The lowest BCUT2D eigenvalue weighted by molar-refractivity contribution is -0.162. The number of rotatable bonds is 8. The van der Waals surface area contributed by atoms with E-state index in [9.17, 15) is 29.4 Å². The molecule has 13 heteroatoms. The Morgan fingerprint density at radius 1 is 0.780 bits per heavy atom. The number of esters is 4. The third-order valence-corrected chi connectivity index (χ3v) is 7.66. The Morgan fingerprint density at radius 3 is 1.68 bits per heavy atom. The molecule has 4 atom stereocenters. The highest BCUT2D eigenvalue weighted by Crippen LogP contribution is 2.36. The highest BCUT2D eigenvalue weighted by atomic mass is 35.5. The molecule has 4 unspecified atom stereocenters. The molecule has 2 aliphatic carbocycles. The van der Waals surface area contributed by atoms with Crippen LogP contribution in [0.4, 0.5) is 0 Å². The fraction of sp³-hybridized carbons (Fsp3) is 0.714. The van der Waals surface area contributed by atoms with Gasteiger partial charge in [0.15, 0.2) is 0 Å². The average Bonchev–Trinajstić information content (AvgIpc) is 2.90. The second-order valence-electron chi connectivity index (χ2n) is 10.8. The summed E-state index contributed by atoms with van der Waals surface area (Å²) < 4.78 is 14.7. The van der Waals surface area contributed by atoms with Crippen LogP contribution in [0, 0.1) is 11.8 Å². The van der Waals surface area contributed by atoms with Crippen LogP contribution in [0.5, 0.6) is 0 Å². The van der Waals surface area contributed by atoms with Crippen LogP contribution in [0.25, 0.3) is 0 Å². The van der Waals surface area contributed by atoms with Gasteiger partial charge in [0, 0.05) is 5.92 Å². The van der Waals surface area contributed by atoms with E-state index in [2.05, 4.69) is 4.74 Å². The molecule has 0 aromatic carbocycles. The summed E-state index contributed by atoms with van der Waals surface area (Å²) in [6.07, 6.45) is 6.31. The lowest BCUT2D eigenvalue weighted by atomic mass is 9.78. The van der Waals surface area contributed by atoms with Crippen LogP contribution in [-0.4, -0.2) is 81.0 Å². The van der Waals surface area contributed by atoms with Gasteiger partial charge < -0.3 is 24.4 Å². The number of allylic oxidation sites excluding steroid dienone is 2. The van der Waals surface area contributed by atoms with Gasteiger partial charge in [-0.25, -0.2) is 0 Å². The number of carbonyl (C=O) groups excluding carboxylic acids is 4. The molecule has 0 radical (unpaired) electrons. The molecule has 0 bridgehead atoms. The SMILES string of the molecule is CC1=CCC(C(C)(C)O)CC1O.CC1=CCC(C(C)(C)OC(=O)CCl)CC1OC(=O)CCl.O=C(CCl)OC(=O)CCl. The lowest BCUT2D eigenvalue weighted by Gasteiger charge is -2.38. The molecule has 0 amide bonds. The van der Waals surface area contributed by atoms with Crippen LogP contribution in [-0.2, 0) is 33.4 Å². The highest BCUT2D eigenvalue weighted by Gasteiger charge is 2.37. The molecule has 9 nitrogen and oxygen atoms in total. The van der Waals surface area contributed by atoms with Gasteiger partial charge in [-0.1, -0.05) is 12.2 Å². The summed E-state index contributed by atoms with van der Waals surface area (Å²) in [6.45, 7) is 11.2. The minimum absolute atomic E-state index is 0.0616. The van der Waals surface area contributed by atoms with Gasteiger partial charge in [-0.15, -0.1) is 46.4 Å². The van der Waals surface area contributed by atoms with Crippen LogP contribution in [0.2, 0.25) is 0 Å². The van der Waals surface area contributed by atoms with Crippen molar-refractivity contribution >= 4 is 70.3 Å². The molecule has 2 rings (SSSR count). The van der Waals surface area contributed by atoms with Gasteiger partial charge in [0.1, 0.15) is 35.2 Å². The maximum Gasteiger partial charge on any atom is 0.328 e. The topological polar surface area (TPSA) is 136 Å². The second kappa shape index (κ2) is 19.0. The lowest BCUT2D eigenvalue weighted by Crippen LogP contribution is -2.41. The van der Waals surface area contributed by atoms with Crippen LogP contribution < -0.4 is 0 Å². The molecule has 0 saturated carbocycles. The van der Waals surface area contributed by atoms with E-state index in [1.807, 2.05) is 39.8 Å². The largest absolute Gasteiger partial charge is 0.458 e. The van der Waals surface area contributed by atoms with E-state index < -0.39 is 35.1 Å². The van der Waals surface area contributed by atoms with Gasteiger partial charge in [0.05, 0.1) is 11.7 Å². The summed E-state index contributed by atoms with van der Waals surface area (Å²) in [7, 11) is 0. The summed E-state index contributed by atoms with van der Waals surface area (Å²) in [5.41, 5.74) is 0.710. The van der Waals surface area contributed by atoms with Crippen molar-refractivity contribution in [3.8, 4) is 0 Å². The summed E-state index contributed by atoms with van der Waals surface area (Å²) in [6, 6.07) is 0. The molecule has 0 spiro atoms. The van der Waals surface area contributed by atoms with Crippen molar-refractivity contribution in [1.29, 1.82) is 0 Å². The smallest absolute Gasteiger partial charge is 0.328 e. The molecule has 0 heterocycles. The maximum atomic E-state index is 11.4. The second-order valence-corrected chi connectivity index (χ2v) is 11.9. The molecule has 0 aliphatic heterocycles. The number of carbonyl (C=O) groups is 4. The van der Waals surface area contributed by atoms with Gasteiger partial charge in [0.2, 0.25) is 0 Å².